The zero-order valence-electron chi connectivity index (χ0n) is 13.6. The van der Waals surface area contributed by atoms with Gasteiger partial charge in [-0.3, -0.25) is 4.79 Å². The second-order valence-corrected chi connectivity index (χ2v) is 6.13. The minimum atomic E-state index is -0.318. The van der Waals surface area contributed by atoms with Crippen LogP contribution in [0.15, 0.2) is 24.3 Å². The maximum atomic E-state index is 11.7. The summed E-state index contributed by atoms with van der Waals surface area (Å²) in [4.78, 5) is 13.8. The van der Waals surface area contributed by atoms with Gasteiger partial charge in [0.1, 0.15) is 19.0 Å². The lowest BCUT2D eigenvalue weighted by Gasteiger charge is -2.19. The fourth-order valence-corrected chi connectivity index (χ4v) is 1.46. The lowest BCUT2D eigenvalue weighted by atomic mass is 10.2. The smallest absolute Gasteiger partial charge is 0.250 e. The van der Waals surface area contributed by atoms with Gasteiger partial charge in [0.25, 0.3) is 0 Å². The first kappa shape index (κ1) is 17.5. The third kappa shape index (κ3) is 8.32. The number of ether oxygens (including phenoxy) is 2. The van der Waals surface area contributed by atoms with E-state index < -0.39 is 0 Å². The molecule has 1 amide bonds. The van der Waals surface area contributed by atoms with E-state index >= 15 is 0 Å². The number of anilines is 1. The Balaban J connectivity index is 2.38. The van der Waals surface area contributed by atoms with Crippen molar-refractivity contribution in [2.45, 2.75) is 26.4 Å². The number of amides is 1. The van der Waals surface area contributed by atoms with E-state index in [0.717, 1.165) is 18.0 Å². The van der Waals surface area contributed by atoms with Crippen molar-refractivity contribution >= 4 is 11.6 Å². The molecule has 5 heteroatoms. The van der Waals surface area contributed by atoms with Crippen LogP contribution < -0.4 is 10.1 Å². The van der Waals surface area contributed by atoms with Gasteiger partial charge in [-0.15, -0.1) is 0 Å². The first-order valence-corrected chi connectivity index (χ1v) is 7.08. The van der Waals surface area contributed by atoms with Gasteiger partial charge in [0.2, 0.25) is 5.91 Å². The molecule has 0 aliphatic rings. The lowest BCUT2D eigenvalue weighted by Crippen LogP contribution is -2.27. The standard InChI is InChI=1S/C16H26N2O3/c1-16(2,3)21-12-15(19)17-13-6-8-14(9-7-13)20-11-10-18(4)5/h6-9H,10-12H2,1-5H3,(H,17,19). The van der Waals surface area contributed by atoms with Gasteiger partial charge in [0, 0.05) is 12.2 Å². The summed E-state index contributed by atoms with van der Waals surface area (Å²) in [7, 11) is 4.00. The average molecular weight is 294 g/mol. The lowest BCUT2D eigenvalue weighted by molar-refractivity contribution is -0.125. The molecule has 0 fully saturated rings. The molecule has 0 radical (unpaired) electrons. The Morgan fingerprint density at radius 1 is 1.19 bits per heavy atom. The normalized spacial score (nSPS) is 11.5. The van der Waals surface area contributed by atoms with Crippen molar-refractivity contribution in [3.05, 3.63) is 24.3 Å². The summed E-state index contributed by atoms with van der Waals surface area (Å²) in [6, 6.07) is 7.33. The van der Waals surface area contributed by atoms with Crippen LogP contribution in [0, 0.1) is 0 Å². The van der Waals surface area contributed by atoms with Gasteiger partial charge in [-0.05, 0) is 59.1 Å². The van der Waals surface area contributed by atoms with Crippen molar-refractivity contribution in [1.29, 1.82) is 0 Å². The molecule has 0 aliphatic heterocycles. The van der Waals surface area contributed by atoms with Crippen LogP contribution in [-0.2, 0) is 9.53 Å². The fraction of sp³-hybridized carbons (Fsp3) is 0.562. The van der Waals surface area contributed by atoms with Gasteiger partial charge in [0.15, 0.2) is 0 Å². The highest BCUT2D eigenvalue weighted by atomic mass is 16.5. The van der Waals surface area contributed by atoms with Crippen LogP contribution in [0.5, 0.6) is 5.75 Å². The maximum absolute atomic E-state index is 11.7. The minimum absolute atomic E-state index is 0.0462. The van der Waals surface area contributed by atoms with E-state index in [1.165, 1.54) is 0 Å². The average Bonchev–Trinajstić information content (AvgIpc) is 2.37. The van der Waals surface area contributed by atoms with Gasteiger partial charge in [-0.2, -0.15) is 0 Å². The van der Waals surface area contributed by atoms with Crippen molar-refractivity contribution in [2.24, 2.45) is 0 Å². The number of likely N-dealkylation sites (N-methyl/N-ethyl adjacent to an activating group) is 1. The van der Waals surface area contributed by atoms with Crippen LogP contribution in [-0.4, -0.2) is 50.3 Å². The van der Waals surface area contributed by atoms with Gasteiger partial charge in [0.05, 0.1) is 5.60 Å². The molecule has 1 aromatic carbocycles. The predicted octanol–water partition coefficient (Wildman–Crippen LogP) is 2.38. The third-order valence-electron chi connectivity index (χ3n) is 2.58. The Bertz CT molecular complexity index is 436. The largest absolute Gasteiger partial charge is 0.492 e. The Morgan fingerprint density at radius 3 is 2.33 bits per heavy atom. The van der Waals surface area contributed by atoms with Crippen LogP contribution >= 0.6 is 0 Å². The zero-order valence-corrected chi connectivity index (χ0v) is 13.6. The summed E-state index contributed by atoms with van der Waals surface area (Å²) in [6.07, 6.45) is 0. The third-order valence-corrected chi connectivity index (χ3v) is 2.58. The summed E-state index contributed by atoms with van der Waals surface area (Å²) in [6.45, 7) is 7.30. The second kappa shape index (κ2) is 8.00. The van der Waals surface area contributed by atoms with Crippen molar-refractivity contribution in [3.63, 3.8) is 0 Å². The Morgan fingerprint density at radius 2 is 1.81 bits per heavy atom. The SMILES string of the molecule is CN(C)CCOc1ccc(NC(=O)COC(C)(C)C)cc1. The molecule has 0 aromatic heterocycles. The highest BCUT2D eigenvalue weighted by molar-refractivity contribution is 5.91. The molecule has 118 valence electrons. The molecule has 0 aliphatic carbocycles. The summed E-state index contributed by atoms with van der Waals surface area (Å²) in [5, 5.41) is 2.79. The number of carbonyl (C=O) groups is 1. The van der Waals surface area contributed by atoms with Crippen LogP contribution in [0.4, 0.5) is 5.69 Å². The van der Waals surface area contributed by atoms with E-state index in [2.05, 4.69) is 10.2 Å². The molecule has 0 spiro atoms. The van der Waals surface area contributed by atoms with Crippen molar-refractivity contribution in [2.75, 3.05) is 39.2 Å². The molecule has 1 aromatic rings. The van der Waals surface area contributed by atoms with E-state index in [1.807, 2.05) is 59.1 Å². The van der Waals surface area contributed by atoms with Crippen molar-refractivity contribution in [1.82, 2.24) is 4.90 Å². The Labute approximate surface area is 127 Å². The van der Waals surface area contributed by atoms with E-state index in [9.17, 15) is 4.79 Å². The maximum Gasteiger partial charge on any atom is 0.250 e. The number of hydrogen-bond acceptors (Lipinski definition) is 4. The molecule has 5 nitrogen and oxygen atoms in total. The van der Waals surface area contributed by atoms with Crippen molar-refractivity contribution in [3.8, 4) is 5.75 Å². The van der Waals surface area contributed by atoms with E-state index in [-0.39, 0.29) is 18.1 Å². The predicted molar refractivity (Wildman–Crippen MR) is 84.8 cm³/mol. The number of nitrogens with one attached hydrogen (secondary N) is 1. The summed E-state index contributed by atoms with van der Waals surface area (Å²) in [5.41, 5.74) is 0.416. The molecular formula is C16H26N2O3. The first-order valence-electron chi connectivity index (χ1n) is 7.08. The van der Waals surface area contributed by atoms with Crippen LogP contribution in [0.25, 0.3) is 0 Å². The molecule has 1 N–H and O–H groups in total. The van der Waals surface area contributed by atoms with E-state index in [1.54, 1.807) is 0 Å². The molecule has 0 saturated carbocycles. The number of benzene rings is 1. The molecule has 1 rings (SSSR count). The highest BCUT2D eigenvalue weighted by Crippen LogP contribution is 2.16. The first-order chi connectivity index (χ1) is 9.76. The van der Waals surface area contributed by atoms with Crippen LogP contribution in [0.1, 0.15) is 20.8 Å². The topological polar surface area (TPSA) is 50.8 Å². The Kier molecular flexibility index (Phi) is 6.65. The molecule has 0 bridgehead atoms. The summed E-state index contributed by atoms with van der Waals surface area (Å²) >= 11 is 0. The number of hydrogen-bond donors (Lipinski definition) is 1. The highest BCUT2D eigenvalue weighted by Gasteiger charge is 2.12. The number of carbonyl (C=O) groups excluding carboxylic acids is 1. The second-order valence-electron chi connectivity index (χ2n) is 6.13. The monoisotopic (exact) mass is 294 g/mol. The van der Waals surface area contributed by atoms with Gasteiger partial charge in [-0.1, -0.05) is 0 Å². The molecule has 21 heavy (non-hydrogen) atoms. The molecule has 0 unspecified atom stereocenters. The summed E-state index contributed by atoms with van der Waals surface area (Å²) < 4.78 is 11.0. The van der Waals surface area contributed by atoms with Gasteiger partial charge in [-0.25, -0.2) is 0 Å². The quantitative estimate of drug-likeness (QED) is 0.839. The summed E-state index contributed by atoms with van der Waals surface area (Å²) in [5.74, 6) is 0.631. The minimum Gasteiger partial charge on any atom is -0.492 e. The Hall–Kier alpha value is -1.59. The van der Waals surface area contributed by atoms with Gasteiger partial charge < -0.3 is 19.7 Å². The molecular weight excluding hydrogens is 268 g/mol. The van der Waals surface area contributed by atoms with Crippen LogP contribution in [0.2, 0.25) is 0 Å². The number of rotatable bonds is 7. The fourth-order valence-electron chi connectivity index (χ4n) is 1.46. The van der Waals surface area contributed by atoms with E-state index in [0.29, 0.717) is 6.61 Å². The van der Waals surface area contributed by atoms with Crippen molar-refractivity contribution < 1.29 is 14.3 Å². The molecule has 0 saturated heterocycles. The van der Waals surface area contributed by atoms with Crippen LogP contribution in [0.3, 0.4) is 0 Å². The molecule has 0 atom stereocenters. The molecule has 0 heterocycles. The van der Waals surface area contributed by atoms with Gasteiger partial charge >= 0.3 is 0 Å². The number of nitrogens with zero attached hydrogens (tertiary/aromatic N) is 1. The van der Waals surface area contributed by atoms with E-state index in [4.69, 9.17) is 9.47 Å². The zero-order chi connectivity index (χ0) is 15.9.